The van der Waals surface area contributed by atoms with Crippen LogP contribution in [0.25, 0.3) is 0 Å². The second-order valence-electron chi connectivity index (χ2n) is 4.99. The summed E-state index contributed by atoms with van der Waals surface area (Å²) in [6.07, 6.45) is -4.78. The van der Waals surface area contributed by atoms with Crippen molar-refractivity contribution in [2.75, 3.05) is 19.7 Å². The van der Waals surface area contributed by atoms with Gasteiger partial charge in [0.15, 0.2) is 0 Å². The number of hydrogen-bond donors (Lipinski definition) is 1. The highest BCUT2D eigenvalue weighted by molar-refractivity contribution is 5.72. The van der Waals surface area contributed by atoms with Crippen LogP contribution < -0.4 is 0 Å². The van der Waals surface area contributed by atoms with E-state index in [1.807, 2.05) is 0 Å². The van der Waals surface area contributed by atoms with E-state index in [-0.39, 0.29) is 0 Å². The zero-order valence-electron chi connectivity index (χ0n) is 11.4. The predicted molar refractivity (Wildman–Crippen MR) is 68.8 cm³/mol. The van der Waals surface area contributed by atoms with Crippen molar-refractivity contribution in [1.82, 2.24) is 4.90 Å². The van der Waals surface area contributed by atoms with Crippen LogP contribution >= 0.6 is 0 Å². The number of morpholine rings is 1. The molecule has 2 atom stereocenters. The molecule has 0 saturated carbocycles. The average molecular weight is 303 g/mol. The molecular formula is C14H16F3NO3. The fraction of sp³-hybridized carbons (Fsp3) is 0.500. The molecule has 1 fully saturated rings. The van der Waals surface area contributed by atoms with Gasteiger partial charge >= 0.3 is 12.1 Å². The first-order chi connectivity index (χ1) is 9.79. The molecule has 1 N–H and O–H groups in total. The molecule has 1 aliphatic rings. The van der Waals surface area contributed by atoms with Gasteiger partial charge in [0.2, 0.25) is 0 Å². The Bertz CT molecular complexity index is 501. The first kappa shape index (κ1) is 15.8. The van der Waals surface area contributed by atoms with Gasteiger partial charge in [-0.05, 0) is 24.6 Å². The van der Waals surface area contributed by atoms with Crippen LogP contribution in [0, 0.1) is 0 Å². The first-order valence-corrected chi connectivity index (χ1v) is 6.54. The van der Waals surface area contributed by atoms with Crippen molar-refractivity contribution in [3.63, 3.8) is 0 Å². The van der Waals surface area contributed by atoms with Gasteiger partial charge < -0.3 is 9.84 Å². The molecule has 21 heavy (non-hydrogen) atoms. The molecule has 1 aromatic rings. The molecule has 116 valence electrons. The highest BCUT2D eigenvalue weighted by Gasteiger charge is 2.31. The highest BCUT2D eigenvalue weighted by Crippen LogP contribution is 2.31. The van der Waals surface area contributed by atoms with Gasteiger partial charge in [-0.1, -0.05) is 12.1 Å². The second kappa shape index (κ2) is 6.03. The lowest BCUT2D eigenvalue weighted by Crippen LogP contribution is -2.46. The van der Waals surface area contributed by atoms with E-state index in [2.05, 4.69) is 0 Å². The van der Waals surface area contributed by atoms with Gasteiger partial charge in [-0.25, -0.2) is 0 Å². The minimum atomic E-state index is -4.37. The fourth-order valence-corrected chi connectivity index (χ4v) is 2.27. The number of carbonyl (C=O) groups is 1. The number of alkyl halides is 3. The SMILES string of the molecule is CC(C(=O)O)N1CCOC(c2ccc(C(F)(F)F)cc2)C1. The number of hydrogen-bond acceptors (Lipinski definition) is 3. The molecule has 7 heteroatoms. The van der Waals surface area contributed by atoms with E-state index < -0.39 is 29.9 Å². The topological polar surface area (TPSA) is 49.8 Å². The van der Waals surface area contributed by atoms with E-state index in [0.717, 1.165) is 12.1 Å². The number of benzene rings is 1. The number of aliphatic carboxylic acids is 1. The summed E-state index contributed by atoms with van der Waals surface area (Å²) in [5.41, 5.74) is -0.0943. The van der Waals surface area contributed by atoms with Crippen LogP contribution in [0.1, 0.15) is 24.2 Å². The molecule has 0 amide bonds. The highest BCUT2D eigenvalue weighted by atomic mass is 19.4. The largest absolute Gasteiger partial charge is 0.480 e. The molecule has 0 bridgehead atoms. The molecule has 1 aromatic carbocycles. The molecule has 0 spiro atoms. The van der Waals surface area contributed by atoms with Crippen molar-refractivity contribution in [2.24, 2.45) is 0 Å². The van der Waals surface area contributed by atoms with Gasteiger partial charge in [-0.3, -0.25) is 9.69 Å². The zero-order chi connectivity index (χ0) is 15.6. The number of rotatable bonds is 3. The van der Waals surface area contributed by atoms with Crippen LogP contribution in [-0.4, -0.2) is 41.7 Å². The maximum absolute atomic E-state index is 12.5. The fourth-order valence-electron chi connectivity index (χ4n) is 2.27. The number of nitrogens with zero attached hydrogens (tertiary/aromatic N) is 1. The first-order valence-electron chi connectivity index (χ1n) is 6.54. The molecule has 2 rings (SSSR count). The number of carboxylic acids is 1. The van der Waals surface area contributed by atoms with Crippen LogP contribution in [0.2, 0.25) is 0 Å². The van der Waals surface area contributed by atoms with E-state index in [4.69, 9.17) is 9.84 Å². The van der Waals surface area contributed by atoms with Crippen molar-refractivity contribution in [3.05, 3.63) is 35.4 Å². The van der Waals surface area contributed by atoms with Crippen molar-refractivity contribution in [2.45, 2.75) is 25.2 Å². The standard InChI is InChI=1S/C14H16F3NO3/c1-9(13(19)20)18-6-7-21-12(8-18)10-2-4-11(5-3-10)14(15,16)17/h2-5,9,12H,6-8H2,1H3,(H,19,20). The quantitative estimate of drug-likeness (QED) is 0.932. The normalized spacial score (nSPS) is 22.0. The summed E-state index contributed by atoms with van der Waals surface area (Å²) < 4.78 is 43.1. The summed E-state index contributed by atoms with van der Waals surface area (Å²) in [4.78, 5) is 12.7. The summed E-state index contributed by atoms with van der Waals surface area (Å²) in [7, 11) is 0. The number of halogens is 3. The lowest BCUT2D eigenvalue weighted by Gasteiger charge is -2.35. The summed E-state index contributed by atoms with van der Waals surface area (Å²) in [6, 6.07) is 4.13. The minimum absolute atomic E-state index is 0.346. The Morgan fingerprint density at radius 2 is 2.00 bits per heavy atom. The van der Waals surface area contributed by atoms with Gasteiger partial charge in [-0.2, -0.15) is 13.2 Å². The maximum Gasteiger partial charge on any atom is 0.416 e. The Hall–Kier alpha value is -1.60. The van der Waals surface area contributed by atoms with E-state index in [1.165, 1.54) is 12.1 Å². The minimum Gasteiger partial charge on any atom is -0.480 e. The van der Waals surface area contributed by atoms with Crippen LogP contribution in [-0.2, 0) is 15.7 Å². The average Bonchev–Trinajstić information content (AvgIpc) is 2.46. The van der Waals surface area contributed by atoms with Gasteiger partial charge in [0, 0.05) is 13.1 Å². The molecule has 0 radical (unpaired) electrons. The summed E-state index contributed by atoms with van der Waals surface area (Å²) in [5.74, 6) is -0.928. The molecule has 0 aliphatic carbocycles. The van der Waals surface area contributed by atoms with Gasteiger partial charge in [0.05, 0.1) is 18.3 Å². The summed E-state index contributed by atoms with van der Waals surface area (Å²) in [6.45, 7) is 2.77. The molecule has 1 aliphatic heterocycles. The van der Waals surface area contributed by atoms with Crippen molar-refractivity contribution in [3.8, 4) is 0 Å². The smallest absolute Gasteiger partial charge is 0.416 e. The molecule has 0 aromatic heterocycles. The Morgan fingerprint density at radius 1 is 1.38 bits per heavy atom. The zero-order valence-corrected chi connectivity index (χ0v) is 11.4. The maximum atomic E-state index is 12.5. The van der Waals surface area contributed by atoms with Crippen molar-refractivity contribution in [1.29, 1.82) is 0 Å². The van der Waals surface area contributed by atoms with E-state index >= 15 is 0 Å². The van der Waals surface area contributed by atoms with E-state index in [1.54, 1.807) is 11.8 Å². The van der Waals surface area contributed by atoms with Crippen LogP contribution in [0.3, 0.4) is 0 Å². The Kier molecular flexibility index (Phi) is 4.53. The second-order valence-corrected chi connectivity index (χ2v) is 4.99. The lowest BCUT2D eigenvalue weighted by molar-refractivity contribution is -0.146. The van der Waals surface area contributed by atoms with Crippen LogP contribution in [0.15, 0.2) is 24.3 Å². The Morgan fingerprint density at radius 3 is 2.52 bits per heavy atom. The van der Waals surface area contributed by atoms with E-state index in [9.17, 15) is 18.0 Å². The molecule has 4 nitrogen and oxygen atoms in total. The summed E-state index contributed by atoms with van der Waals surface area (Å²) >= 11 is 0. The molecule has 1 heterocycles. The predicted octanol–water partition coefficient (Wildman–Crippen LogP) is 2.55. The Labute approximate surface area is 120 Å². The van der Waals surface area contributed by atoms with Crippen LogP contribution in [0.5, 0.6) is 0 Å². The van der Waals surface area contributed by atoms with Crippen molar-refractivity contribution >= 4 is 5.97 Å². The number of carboxylic acid groups (broad SMARTS) is 1. The van der Waals surface area contributed by atoms with E-state index in [0.29, 0.717) is 25.3 Å². The third kappa shape index (κ3) is 3.74. The molecule has 2 unspecified atom stereocenters. The monoisotopic (exact) mass is 303 g/mol. The lowest BCUT2D eigenvalue weighted by atomic mass is 10.0. The third-order valence-electron chi connectivity index (χ3n) is 3.61. The van der Waals surface area contributed by atoms with Crippen LogP contribution in [0.4, 0.5) is 13.2 Å². The van der Waals surface area contributed by atoms with Gasteiger partial charge in [0.1, 0.15) is 6.04 Å². The van der Waals surface area contributed by atoms with Crippen molar-refractivity contribution < 1.29 is 27.8 Å². The molecular weight excluding hydrogens is 287 g/mol. The van der Waals surface area contributed by atoms with Gasteiger partial charge in [0.25, 0.3) is 0 Å². The Balaban J connectivity index is 2.09. The summed E-state index contributed by atoms with van der Waals surface area (Å²) in [5, 5.41) is 9.01. The third-order valence-corrected chi connectivity index (χ3v) is 3.61. The van der Waals surface area contributed by atoms with Gasteiger partial charge in [-0.15, -0.1) is 0 Å². The number of ether oxygens (including phenoxy) is 1. The molecule has 1 saturated heterocycles.